The summed E-state index contributed by atoms with van der Waals surface area (Å²) in [7, 11) is 0. The minimum Gasteiger partial charge on any atom is -0.299 e. The molecular formula is C49H32N4. The zero-order valence-corrected chi connectivity index (χ0v) is 28.8. The summed E-state index contributed by atoms with van der Waals surface area (Å²) < 4.78 is 2.18. The average Bonchev–Trinajstić information content (AvgIpc) is 3.63. The summed E-state index contributed by atoms with van der Waals surface area (Å²) in [6.45, 7) is 0. The lowest BCUT2D eigenvalue weighted by Gasteiger charge is -2.14. The number of hydrogen-bond donors (Lipinski definition) is 0. The van der Waals surface area contributed by atoms with Crippen molar-refractivity contribution in [2.75, 3.05) is 0 Å². The molecular weight excluding hydrogens is 645 g/mol. The monoisotopic (exact) mass is 676 g/mol. The third-order valence-corrected chi connectivity index (χ3v) is 10.0. The Morgan fingerprint density at radius 1 is 0.358 bits per heavy atom. The second-order valence-electron chi connectivity index (χ2n) is 13.3. The fourth-order valence-corrected chi connectivity index (χ4v) is 7.47. The standard InChI is InChI=1S/C49H32N4/c1-3-15-35(16-4-1)46-43-21-9-10-23-44(43)50-49(52-46)40-31-38(30-39(32-40)42-22-13-19-34-14-7-8-20-41(34)42)33-25-27-37(28-26-33)48-47(36-17-5-2-6-18-36)51-45-24-11-12-29-53(45)48/h1-32H. The molecule has 0 radical (unpaired) electrons. The van der Waals surface area contributed by atoms with E-state index in [4.69, 9.17) is 15.0 Å². The molecule has 0 atom stereocenters. The van der Waals surface area contributed by atoms with Gasteiger partial charge in [-0.15, -0.1) is 0 Å². The summed E-state index contributed by atoms with van der Waals surface area (Å²) in [4.78, 5) is 15.5. The first-order valence-corrected chi connectivity index (χ1v) is 17.9. The van der Waals surface area contributed by atoms with E-state index >= 15 is 0 Å². The van der Waals surface area contributed by atoms with Crippen molar-refractivity contribution in [1.82, 2.24) is 19.4 Å². The van der Waals surface area contributed by atoms with E-state index in [-0.39, 0.29) is 0 Å². The molecule has 0 amide bonds. The first-order chi connectivity index (χ1) is 26.3. The van der Waals surface area contributed by atoms with Gasteiger partial charge in [-0.25, -0.2) is 15.0 Å². The molecule has 3 aromatic heterocycles. The molecule has 0 aliphatic heterocycles. The van der Waals surface area contributed by atoms with Gasteiger partial charge in [0.15, 0.2) is 5.82 Å². The van der Waals surface area contributed by atoms with Crippen LogP contribution in [0.15, 0.2) is 194 Å². The highest BCUT2D eigenvalue weighted by molar-refractivity contribution is 5.99. The molecule has 4 nitrogen and oxygen atoms in total. The number of hydrogen-bond acceptors (Lipinski definition) is 3. The Morgan fingerprint density at radius 3 is 1.79 bits per heavy atom. The summed E-state index contributed by atoms with van der Waals surface area (Å²) in [5.74, 6) is 0.695. The quantitative estimate of drug-likeness (QED) is 0.176. The normalized spacial score (nSPS) is 11.4. The van der Waals surface area contributed by atoms with Gasteiger partial charge in [-0.2, -0.15) is 0 Å². The number of benzene rings is 7. The SMILES string of the molecule is c1ccc(-c2nc3ccccn3c2-c2ccc(-c3cc(-c4nc(-c5ccccc5)c5ccccc5n4)cc(-c4cccc5ccccc45)c3)cc2)cc1. The highest BCUT2D eigenvalue weighted by Gasteiger charge is 2.18. The maximum atomic E-state index is 5.27. The van der Waals surface area contributed by atoms with Crippen LogP contribution >= 0.6 is 0 Å². The Hall–Kier alpha value is -7.17. The number of nitrogens with zero attached hydrogens (tertiary/aromatic N) is 4. The predicted octanol–water partition coefficient (Wildman–Crippen LogP) is 12.4. The molecule has 0 spiro atoms. The van der Waals surface area contributed by atoms with Crippen LogP contribution in [0.3, 0.4) is 0 Å². The Kier molecular flexibility index (Phi) is 7.43. The molecule has 10 rings (SSSR count). The van der Waals surface area contributed by atoms with Crippen molar-refractivity contribution in [3.8, 4) is 67.4 Å². The van der Waals surface area contributed by atoms with Gasteiger partial charge in [-0.1, -0.05) is 152 Å². The molecule has 0 N–H and O–H groups in total. The number of aromatic nitrogens is 4. The van der Waals surface area contributed by atoms with Crippen LogP contribution < -0.4 is 0 Å². The largest absolute Gasteiger partial charge is 0.299 e. The Morgan fingerprint density at radius 2 is 0.981 bits per heavy atom. The van der Waals surface area contributed by atoms with Gasteiger partial charge >= 0.3 is 0 Å². The summed E-state index contributed by atoms with van der Waals surface area (Å²) in [6, 6.07) is 65.9. The molecule has 0 bridgehead atoms. The summed E-state index contributed by atoms with van der Waals surface area (Å²) >= 11 is 0. The lowest BCUT2D eigenvalue weighted by atomic mass is 9.92. The minimum atomic E-state index is 0.695. The van der Waals surface area contributed by atoms with Crippen molar-refractivity contribution in [1.29, 1.82) is 0 Å². The lowest BCUT2D eigenvalue weighted by Crippen LogP contribution is -1.96. The summed E-state index contributed by atoms with van der Waals surface area (Å²) in [5, 5.41) is 3.45. The second-order valence-corrected chi connectivity index (χ2v) is 13.3. The smallest absolute Gasteiger partial charge is 0.160 e. The van der Waals surface area contributed by atoms with E-state index in [0.29, 0.717) is 5.82 Å². The maximum absolute atomic E-state index is 5.27. The second kappa shape index (κ2) is 12.9. The zero-order chi connectivity index (χ0) is 35.1. The van der Waals surface area contributed by atoms with Crippen LogP contribution in [0.1, 0.15) is 0 Å². The van der Waals surface area contributed by atoms with E-state index in [0.717, 1.165) is 72.6 Å². The molecule has 0 aliphatic rings. The molecule has 7 aromatic carbocycles. The first-order valence-electron chi connectivity index (χ1n) is 17.9. The van der Waals surface area contributed by atoms with E-state index < -0.39 is 0 Å². The van der Waals surface area contributed by atoms with Crippen LogP contribution in [0, 0.1) is 0 Å². The van der Waals surface area contributed by atoms with E-state index in [2.05, 4.69) is 174 Å². The number of pyridine rings is 1. The molecule has 0 saturated carbocycles. The van der Waals surface area contributed by atoms with Gasteiger partial charge < -0.3 is 0 Å². The molecule has 0 saturated heterocycles. The van der Waals surface area contributed by atoms with Gasteiger partial charge in [0.1, 0.15) is 5.65 Å². The van der Waals surface area contributed by atoms with Gasteiger partial charge in [-0.3, -0.25) is 4.40 Å². The molecule has 3 heterocycles. The first kappa shape index (κ1) is 30.6. The van der Waals surface area contributed by atoms with Crippen molar-refractivity contribution in [3.63, 3.8) is 0 Å². The summed E-state index contributed by atoms with van der Waals surface area (Å²) in [5.41, 5.74) is 13.5. The van der Waals surface area contributed by atoms with Gasteiger partial charge in [0.25, 0.3) is 0 Å². The summed E-state index contributed by atoms with van der Waals surface area (Å²) in [6.07, 6.45) is 2.09. The molecule has 0 fully saturated rings. The number of fused-ring (bicyclic) bond motifs is 3. The van der Waals surface area contributed by atoms with Crippen molar-refractivity contribution >= 4 is 27.3 Å². The number of imidazole rings is 1. The highest BCUT2D eigenvalue weighted by Crippen LogP contribution is 2.38. The minimum absolute atomic E-state index is 0.695. The Balaban J connectivity index is 1.16. The van der Waals surface area contributed by atoms with E-state index in [1.54, 1.807) is 0 Å². The van der Waals surface area contributed by atoms with E-state index in [9.17, 15) is 0 Å². The molecule has 248 valence electrons. The zero-order valence-electron chi connectivity index (χ0n) is 28.8. The molecule has 4 heteroatoms. The number of rotatable bonds is 6. The van der Waals surface area contributed by atoms with Crippen molar-refractivity contribution in [3.05, 3.63) is 194 Å². The Labute approximate surface area is 307 Å². The van der Waals surface area contributed by atoms with Crippen LogP contribution in [0.25, 0.3) is 94.7 Å². The molecule has 0 unspecified atom stereocenters. The highest BCUT2D eigenvalue weighted by atomic mass is 15.0. The fraction of sp³-hybridized carbons (Fsp3) is 0. The van der Waals surface area contributed by atoms with Crippen LogP contribution in [-0.4, -0.2) is 19.4 Å². The Bertz CT molecular complexity index is 2920. The van der Waals surface area contributed by atoms with Crippen LogP contribution in [0.2, 0.25) is 0 Å². The average molecular weight is 677 g/mol. The van der Waals surface area contributed by atoms with Crippen molar-refractivity contribution < 1.29 is 0 Å². The van der Waals surface area contributed by atoms with Crippen LogP contribution in [0.5, 0.6) is 0 Å². The van der Waals surface area contributed by atoms with Crippen molar-refractivity contribution in [2.24, 2.45) is 0 Å². The molecule has 10 aromatic rings. The number of para-hydroxylation sites is 1. The topological polar surface area (TPSA) is 43.1 Å². The van der Waals surface area contributed by atoms with Gasteiger partial charge in [0.2, 0.25) is 0 Å². The third-order valence-electron chi connectivity index (χ3n) is 10.0. The molecule has 53 heavy (non-hydrogen) atoms. The lowest BCUT2D eigenvalue weighted by molar-refractivity contribution is 1.19. The van der Waals surface area contributed by atoms with Crippen LogP contribution in [0.4, 0.5) is 0 Å². The predicted molar refractivity (Wildman–Crippen MR) is 218 cm³/mol. The molecule has 0 aliphatic carbocycles. The van der Waals surface area contributed by atoms with E-state index in [1.165, 1.54) is 16.3 Å². The third kappa shape index (κ3) is 5.54. The van der Waals surface area contributed by atoms with Crippen LogP contribution in [-0.2, 0) is 0 Å². The van der Waals surface area contributed by atoms with Gasteiger partial charge in [0, 0.05) is 33.8 Å². The maximum Gasteiger partial charge on any atom is 0.160 e. The van der Waals surface area contributed by atoms with Gasteiger partial charge in [-0.05, 0) is 69.4 Å². The van der Waals surface area contributed by atoms with Crippen molar-refractivity contribution in [2.45, 2.75) is 0 Å². The van der Waals surface area contributed by atoms with E-state index in [1.807, 2.05) is 24.3 Å². The van der Waals surface area contributed by atoms with Gasteiger partial charge in [0.05, 0.1) is 22.6 Å². The fourth-order valence-electron chi connectivity index (χ4n) is 7.47.